The number of unbranched alkanes of at least 4 members (excludes halogenated alkanes) is 3. The Hall–Kier alpha value is -0.890. The van der Waals surface area contributed by atoms with E-state index >= 15 is 0 Å². The second kappa shape index (κ2) is 9.93. The van der Waals surface area contributed by atoms with Crippen LogP contribution in [0.5, 0.6) is 0 Å². The Labute approximate surface area is 124 Å². The van der Waals surface area contributed by atoms with E-state index in [0.29, 0.717) is 6.04 Å². The molecular formula is C18H30FN. The number of halogens is 1. The lowest BCUT2D eigenvalue weighted by Gasteiger charge is -2.14. The summed E-state index contributed by atoms with van der Waals surface area (Å²) in [7, 11) is 0. The summed E-state index contributed by atoms with van der Waals surface area (Å²) in [5, 5.41) is 3.49. The third-order valence-corrected chi connectivity index (χ3v) is 3.68. The number of hydrogen-bond donors (Lipinski definition) is 1. The summed E-state index contributed by atoms with van der Waals surface area (Å²) < 4.78 is 13.5. The standard InChI is InChI=1S/C18H30FN/c1-15(2)10-6-4-5-9-13-20-16(3)14-17-11-7-8-12-18(17)19/h7-8,11-12,15-16,20H,4-6,9-10,13-14H2,1-3H3. The van der Waals surface area contributed by atoms with E-state index in [0.717, 1.165) is 24.4 Å². The maximum Gasteiger partial charge on any atom is 0.126 e. The smallest absolute Gasteiger partial charge is 0.126 e. The Morgan fingerprint density at radius 2 is 1.70 bits per heavy atom. The van der Waals surface area contributed by atoms with Gasteiger partial charge in [0.1, 0.15) is 5.82 Å². The van der Waals surface area contributed by atoms with Crippen molar-refractivity contribution in [3.05, 3.63) is 35.6 Å². The van der Waals surface area contributed by atoms with Gasteiger partial charge in [0.15, 0.2) is 0 Å². The Bertz CT molecular complexity index is 362. The molecule has 0 amide bonds. The zero-order valence-corrected chi connectivity index (χ0v) is 13.3. The van der Waals surface area contributed by atoms with Gasteiger partial charge < -0.3 is 5.32 Å². The van der Waals surface area contributed by atoms with Crippen LogP contribution in [0, 0.1) is 11.7 Å². The van der Waals surface area contributed by atoms with Crippen LogP contribution in [0.2, 0.25) is 0 Å². The molecule has 0 saturated carbocycles. The molecule has 2 heteroatoms. The second-order valence-electron chi connectivity index (χ2n) is 6.25. The van der Waals surface area contributed by atoms with E-state index in [9.17, 15) is 4.39 Å². The van der Waals surface area contributed by atoms with E-state index in [1.165, 1.54) is 38.2 Å². The van der Waals surface area contributed by atoms with Crippen LogP contribution in [-0.4, -0.2) is 12.6 Å². The van der Waals surface area contributed by atoms with Crippen molar-refractivity contribution in [3.63, 3.8) is 0 Å². The van der Waals surface area contributed by atoms with Crippen molar-refractivity contribution >= 4 is 0 Å². The van der Waals surface area contributed by atoms with Crippen molar-refractivity contribution in [3.8, 4) is 0 Å². The first kappa shape index (κ1) is 17.2. The highest BCUT2D eigenvalue weighted by molar-refractivity contribution is 5.18. The van der Waals surface area contributed by atoms with Crippen LogP contribution < -0.4 is 5.32 Å². The first-order valence-corrected chi connectivity index (χ1v) is 8.06. The molecular weight excluding hydrogens is 249 g/mol. The lowest BCUT2D eigenvalue weighted by Crippen LogP contribution is -2.29. The SMILES string of the molecule is CC(C)CCCCCCNC(C)Cc1ccccc1F. The fourth-order valence-electron chi connectivity index (χ4n) is 2.45. The molecule has 1 N–H and O–H groups in total. The van der Waals surface area contributed by atoms with Gasteiger partial charge in [-0.3, -0.25) is 0 Å². The average molecular weight is 279 g/mol. The Morgan fingerprint density at radius 1 is 1.00 bits per heavy atom. The first-order chi connectivity index (χ1) is 9.59. The molecule has 1 rings (SSSR count). The van der Waals surface area contributed by atoms with Gasteiger partial charge in [0.25, 0.3) is 0 Å². The van der Waals surface area contributed by atoms with Gasteiger partial charge in [-0.1, -0.05) is 57.7 Å². The molecule has 0 aliphatic rings. The van der Waals surface area contributed by atoms with Crippen LogP contribution in [0.25, 0.3) is 0 Å². The van der Waals surface area contributed by atoms with Crippen molar-refractivity contribution in [2.24, 2.45) is 5.92 Å². The van der Waals surface area contributed by atoms with E-state index < -0.39 is 0 Å². The summed E-state index contributed by atoms with van der Waals surface area (Å²) in [6, 6.07) is 7.40. The van der Waals surface area contributed by atoms with Gasteiger partial charge in [0.05, 0.1) is 0 Å². The molecule has 0 aliphatic carbocycles. The monoisotopic (exact) mass is 279 g/mol. The minimum Gasteiger partial charge on any atom is -0.314 e. The maximum absolute atomic E-state index is 13.5. The van der Waals surface area contributed by atoms with Gasteiger partial charge in [0, 0.05) is 6.04 Å². The number of benzene rings is 1. The number of rotatable bonds is 10. The lowest BCUT2D eigenvalue weighted by atomic mass is 10.0. The largest absolute Gasteiger partial charge is 0.314 e. The summed E-state index contributed by atoms with van der Waals surface area (Å²) >= 11 is 0. The Kier molecular flexibility index (Phi) is 8.52. The minimum absolute atomic E-state index is 0.0881. The molecule has 0 fully saturated rings. The van der Waals surface area contributed by atoms with Crippen LogP contribution >= 0.6 is 0 Å². The van der Waals surface area contributed by atoms with Crippen LogP contribution in [0.15, 0.2) is 24.3 Å². The zero-order chi connectivity index (χ0) is 14.8. The molecule has 0 aromatic heterocycles. The summed E-state index contributed by atoms with van der Waals surface area (Å²) in [6.45, 7) is 7.74. The molecule has 1 aromatic carbocycles. The van der Waals surface area contributed by atoms with Crippen molar-refractivity contribution in [1.82, 2.24) is 5.32 Å². The fourth-order valence-corrected chi connectivity index (χ4v) is 2.45. The average Bonchev–Trinajstić information content (AvgIpc) is 2.40. The summed E-state index contributed by atoms with van der Waals surface area (Å²) in [5.41, 5.74) is 0.810. The molecule has 1 atom stereocenters. The highest BCUT2D eigenvalue weighted by Crippen LogP contribution is 2.10. The van der Waals surface area contributed by atoms with Crippen LogP contribution in [-0.2, 0) is 6.42 Å². The summed E-state index contributed by atoms with van der Waals surface area (Å²) in [4.78, 5) is 0. The summed E-state index contributed by atoms with van der Waals surface area (Å²) in [5.74, 6) is 0.740. The topological polar surface area (TPSA) is 12.0 Å². The molecule has 0 spiro atoms. The maximum atomic E-state index is 13.5. The number of hydrogen-bond acceptors (Lipinski definition) is 1. The molecule has 1 unspecified atom stereocenters. The van der Waals surface area contributed by atoms with Crippen molar-refractivity contribution in [2.75, 3.05) is 6.54 Å². The fraction of sp³-hybridized carbons (Fsp3) is 0.667. The third-order valence-electron chi connectivity index (χ3n) is 3.68. The molecule has 0 saturated heterocycles. The predicted octanol–water partition coefficient (Wildman–Crippen LogP) is 4.95. The number of nitrogens with one attached hydrogen (secondary N) is 1. The predicted molar refractivity (Wildman–Crippen MR) is 85.5 cm³/mol. The molecule has 0 radical (unpaired) electrons. The van der Waals surface area contributed by atoms with E-state index in [4.69, 9.17) is 0 Å². The molecule has 0 bridgehead atoms. The highest BCUT2D eigenvalue weighted by Gasteiger charge is 2.06. The normalized spacial score (nSPS) is 12.8. The molecule has 114 valence electrons. The highest BCUT2D eigenvalue weighted by atomic mass is 19.1. The minimum atomic E-state index is -0.0881. The van der Waals surface area contributed by atoms with Gasteiger partial charge >= 0.3 is 0 Å². The van der Waals surface area contributed by atoms with Crippen LogP contribution in [0.3, 0.4) is 0 Å². The summed E-state index contributed by atoms with van der Waals surface area (Å²) in [6.07, 6.45) is 7.31. The Morgan fingerprint density at radius 3 is 2.40 bits per heavy atom. The van der Waals surface area contributed by atoms with E-state index in [-0.39, 0.29) is 5.82 Å². The Balaban J connectivity index is 2.06. The molecule has 1 aromatic rings. The zero-order valence-electron chi connectivity index (χ0n) is 13.3. The lowest BCUT2D eigenvalue weighted by molar-refractivity contribution is 0.487. The van der Waals surface area contributed by atoms with Gasteiger partial charge in [-0.25, -0.2) is 4.39 Å². The third kappa shape index (κ3) is 7.64. The van der Waals surface area contributed by atoms with Crippen molar-refractivity contribution in [2.45, 2.75) is 65.3 Å². The molecule has 1 nitrogen and oxygen atoms in total. The van der Waals surface area contributed by atoms with Gasteiger partial charge in [-0.05, 0) is 43.9 Å². The van der Waals surface area contributed by atoms with Gasteiger partial charge in [-0.2, -0.15) is 0 Å². The van der Waals surface area contributed by atoms with E-state index in [1.54, 1.807) is 6.07 Å². The van der Waals surface area contributed by atoms with Crippen LogP contribution in [0.4, 0.5) is 4.39 Å². The van der Waals surface area contributed by atoms with Crippen LogP contribution in [0.1, 0.15) is 58.4 Å². The molecule has 0 aliphatic heterocycles. The van der Waals surface area contributed by atoms with Crippen molar-refractivity contribution in [1.29, 1.82) is 0 Å². The molecule has 20 heavy (non-hydrogen) atoms. The quantitative estimate of drug-likeness (QED) is 0.597. The van der Waals surface area contributed by atoms with E-state index in [2.05, 4.69) is 26.1 Å². The van der Waals surface area contributed by atoms with Crippen molar-refractivity contribution < 1.29 is 4.39 Å². The molecule has 0 heterocycles. The van der Waals surface area contributed by atoms with E-state index in [1.807, 2.05) is 12.1 Å². The van der Waals surface area contributed by atoms with Gasteiger partial charge in [-0.15, -0.1) is 0 Å². The van der Waals surface area contributed by atoms with Gasteiger partial charge in [0.2, 0.25) is 0 Å². The first-order valence-electron chi connectivity index (χ1n) is 8.06. The second-order valence-corrected chi connectivity index (χ2v) is 6.25.